The van der Waals surface area contributed by atoms with Gasteiger partial charge in [0.1, 0.15) is 5.75 Å². The topological polar surface area (TPSA) is 45.0 Å². The molecule has 0 aromatic heterocycles. The molecule has 1 aliphatic carbocycles. The predicted octanol–water partition coefficient (Wildman–Crippen LogP) is 3.13. The van der Waals surface area contributed by atoms with Crippen LogP contribution in [0.3, 0.4) is 0 Å². The zero-order valence-corrected chi connectivity index (χ0v) is 11.3. The molecule has 0 bridgehead atoms. The first-order valence-corrected chi connectivity index (χ1v) is 6.50. The molecule has 0 unspecified atom stereocenters. The summed E-state index contributed by atoms with van der Waals surface area (Å²) >= 11 is 6.16. The molecule has 0 aliphatic heterocycles. The van der Waals surface area contributed by atoms with Gasteiger partial charge in [0.25, 0.3) is 0 Å². The van der Waals surface area contributed by atoms with Crippen LogP contribution in [-0.4, -0.2) is 13.7 Å². The Morgan fingerprint density at radius 2 is 2.28 bits per heavy atom. The fraction of sp³-hybridized carbons (Fsp3) is 0.500. The van der Waals surface area contributed by atoms with E-state index in [0.717, 1.165) is 24.2 Å². The Morgan fingerprint density at radius 1 is 1.50 bits per heavy atom. The van der Waals surface area contributed by atoms with Crippen LogP contribution in [0.4, 0.5) is 0 Å². The van der Waals surface area contributed by atoms with Crippen LogP contribution in [0, 0.1) is 16.7 Å². The SMILES string of the molecule is CNCc1c(Cl)cccc1OCC1(CC#N)CC1. The quantitative estimate of drug-likeness (QED) is 0.859. The molecule has 0 saturated heterocycles. The van der Waals surface area contributed by atoms with Gasteiger partial charge in [0.05, 0.1) is 12.7 Å². The zero-order chi connectivity index (χ0) is 13.0. The summed E-state index contributed by atoms with van der Waals surface area (Å²) in [6.07, 6.45) is 2.75. The molecule has 18 heavy (non-hydrogen) atoms. The van der Waals surface area contributed by atoms with E-state index in [0.29, 0.717) is 24.6 Å². The van der Waals surface area contributed by atoms with Crippen LogP contribution in [0.1, 0.15) is 24.8 Å². The first-order chi connectivity index (χ1) is 8.71. The molecule has 1 aromatic rings. The number of nitriles is 1. The van der Waals surface area contributed by atoms with E-state index in [9.17, 15) is 0 Å². The molecule has 2 rings (SSSR count). The summed E-state index contributed by atoms with van der Waals surface area (Å²) in [6.45, 7) is 1.29. The fourth-order valence-electron chi connectivity index (χ4n) is 1.97. The van der Waals surface area contributed by atoms with Crippen molar-refractivity contribution >= 4 is 11.6 Å². The molecule has 1 aliphatic rings. The van der Waals surface area contributed by atoms with Gasteiger partial charge < -0.3 is 10.1 Å². The van der Waals surface area contributed by atoms with Crippen LogP contribution in [-0.2, 0) is 6.54 Å². The maximum absolute atomic E-state index is 8.79. The molecule has 0 spiro atoms. The second-order valence-electron chi connectivity index (χ2n) is 4.87. The highest BCUT2D eigenvalue weighted by Gasteiger charge is 2.43. The molecule has 0 amide bonds. The predicted molar refractivity (Wildman–Crippen MR) is 71.6 cm³/mol. The van der Waals surface area contributed by atoms with E-state index in [2.05, 4.69) is 11.4 Å². The summed E-state index contributed by atoms with van der Waals surface area (Å²) in [7, 11) is 1.88. The van der Waals surface area contributed by atoms with Crippen molar-refractivity contribution in [3.63, 3.8) is 0 Å². The lowest BCUT2D eigenvalue weighted by Gasteiger charge is -2.16. The molecule has 3 nitrogen and oxygen atoms in total. The van der Waals surface area contributed by atoms with E-state index in [1.54, 1.807) is 0 Å². The maximum Gasteiger partial charge on any atom is 0.125 e. The van der Waals surface area contributed by atoms with E-state index < -0.39 is 0 Å². The number of rotatable bonds is 6. The molecule has 4 heteroatoms. The van der Waals surface area contributed by atoms with Gasteiger partial charge in [-0.25, -0.2) is 0 Å². The average molecular weight is 265 g/mol. The van der Waals surface area contributed by atoms with Crippen LogP contribution in [0.25, 0.3) is 0 Å². The number of nitrogens with zero attached hydrogens (tertiary/aromatic N) is 1. The van der Waals surface area contributed by atoms with Gasteiger partial charge in [-0.05, 0) is 32.0 Å². The van der Waals surface area contributed by atoms with Crippen LogP contribution >= 0.6 is 11.6 Å². The van der Waals surface area contributed by atoms with Gasteiger partial charge in [0, 0.05) is 29.0 Å². The molecule has 96 valence electrons. The number of nitrogens with one attached hydrogen (secondary N) is 1. The van der Waals surface area contributed by atoms with Crippen molar-refractivity contribution in [3.8, 4) is 11.8 Å². The number of benzene rings is 1. The Kier molecular flexibility index (Phi) is 4.11. The van der Waals surface area contributed by atoms with Gasteiger partial charge in [-0.15, -0.1) is 0 Å². The smallest absolute Gasteiger partial charge is 0.125 e. The Balaban J connectivity index is 2.05. The van der Waals surface area contributed by atoms with Gasteiger partial charge in [0.2, 0.25) is 0 Å². The average Bonchev–Trinajstić information content (AvgIpc) is 3.11. The number of hydrogen-bond acceptors (Lipinski definition) is 3. The number of ether oxygens (including phenoxy) is 1. The molecule has 0 atom stereocenters. The third-order valence-corrected chi connectivity index (χ3v) is 3.73. The zero-order valence-electron chi connectivity index (χ0n) is 10.5. The summed E-state index contributed by atoms with van der Waals surface area (Å²) in [6, 6.07) is 7.92. The van der Waals surface area contributed by atoms with Crippen molar-refractivity contribution in [2.75, 3.05) is 13.7 Å². The maximum atomic E-state index is 8.79. The summed E-state index contributed by atoms with van der Waals surface area (Å²) in [5.74, 6) is 0.820. The van der Waals surface area contributed by atoms with Gasteiger partial charge in [-0.3, -0.25) is 0 Å². The van der Waals surface area contributed by atoms with Gasteiger partial charge >= 0.3 is 0 Å². The third kappa shape index (κ3) is 2.95. The Morgan fingerprint density at radius 3 is 2.89 bits per heavy atom. The van der Waals surface area contributed by atoms with E-state index in [-0.39, 0.29) is 5.41 Å². The fourth-order valence-corrected chi connectivity index (χ4v) is 2.20. The number of hydrogen-bond donors (Lipinski definition) is 1. The molecule has 1 fully saturated rings. The minimum absolute atomic E-state index is 0.0913. The molecule has 0 radical (unpaired) electrons. The van der Waals surface area contributed by atoms with Crippen molar-refractivity contribution in [2.24, 2.45) is 5.41 Å². The van der Waals surface area contributed by atoms with E-state index in [1.807, 2.05) is 25.2 Å². The van der Waals surface area contributed by atoms with Gasteiger partial charge in [-0.1, -0.05) is 17.7 Å². The minimum atomic E-state index is 0.0913. The Hall–Kier alpha value is -1.24. The lowest BCUT2D eigenvalue weighted by atomic mass is 10.1. The highest BCUT2D eigenvalue weighted by Crippen LogP contribution is 2.48. The Labute approximate surface area is 113 Å². The van der Waals surface area contributed by atoms with E-state index in [4.69, 9.17) is 21.6 Å². The normalized spacial score (nSPS) is 16.1. The molecular formula is C14H17ClN2O. The molecule has 1 N–H and O–H groups in total. The molecule has 1 aromatic carbocycles. The third-order valence-electron chi connectivity index (χ3n) is 3.37. The monoisotopic (exact) mass is 264 g/mol. The summed E-state index contributed by atoms with van der Waals surface area (Å²) in [5.41, 5.74) is 1.07. The largest absolute Gasteiger partial charge is 0.493 e. The summed E-state index contributed by atoms with van der Waals surface area (Å²) in [4.78, 5) is 0. The van der Waals surface area contributed by atoms with Gasteiger partial charge in [-0.2, -0.15) is 5.26 Å². The lowest BCUT2D eigenvalue weighted by Crippen LogP contribution is -2.14. The van der Waals surface area contributed by atoms with Crippen LogP contribution in [0.2, 0.25) is 5.02 Å². The first kappa shape index (κ1) is 13.2. The van der Waals surface area contributed by atoms with Crippen LogP contribution in [0.15, 0.2) is 18.2 Å². The van der Waals surface area contributed by atoms with Gasteiger partial charge in [0.15, 0.2) is 0 Å². The highest BCUT2D eigenvalue weighted by molar-refractivity contribution is 6.31. The summed E-state index contributed by atoms with van der Waals surface area (Å²) < 4.78 is 5.87. The second-order valence-corrected chi connectivity index (χ2v) is 5.28. The summed E-state index contributed by atoms with van der Waals surface area (Å²) in [5, 5.41) is 12.6. The lowest BCUT2D eigenvalue weighted by molar-refractivity contribution is 0.234. The van der Waals surface area contributed by atoms with Crippen molar-refractivity contribution in [2.45, 2.75) is 25.8 Å². The molecule has 1 saturated carbocycles. The van der Waals surface area contributed by atoms with Crippen molar-refractivity contribution in [3.05, 3.63) is 28.8 Å². The van der Waals surface area contributed by atoms with E-state index in [1.165, 1.54) is 0 Å². The van der Waals surface area contributed by atoms with Crippen molar-refractivity contribution < 1.29 is 4.74 Å². The molecular weight excluding hydrogens is 248 g/mol. The first-order valence-electron chi connectivity index (χ1n) is 6.12. The molecule has 0 heterocycles. The highest BCUT2D eigenvalue weighted by atomic mass is 35.5. The van der Waals surface area contributed by atoms with Crippen LogP contribution in [0.5, 0.6) is 5.75 Å². The standard InChI is InChI=1S/C14H17ClN2O/c1-17-9-11-12(15)3-2-4-13(11)18-10-14(5-6-14)7-8-16/h2-4,17H,5-7,9-10H2,1H3. The minimum Gasteiger partial charge on any atom is -0.493 e. The Bertz CT molecular complexity index is 463. The second kappa shape index (κ2) is 5.60. The van der Waals surface area contributed by atoms with Crippen LogP contribution < -0.4 is 10.1 Å². The number of halogens is 1. The van der Waals surface area contributed by atoms with E-state index >= 15 is 0 Å². The van der Waals surface area contributed by atoms with Crippen molar-refractivity contribution in [1.29, 1.82) is 5.26 Å². The van der Waals surface area contributed by atoms with Crippen molar-refractivity contribution in [1.82, 2.24) is 5.32 Å².